The largest absolute Gasteiger partial charge is 0.314 e. The fourth-order valence-electron chi connectivity index (χ4n) is 3.40. The van der Waals surface area contributed by atoms with Crippen molar-refractivity contribution in [2.45, 2.75) is 25.9 Å². The van der Waals surface area contributed by atoms with Crippen molar-refractivity contribution in [3.8, 4) is 0 Å². The summed E-state index contributed by atoms with van der Waals surface area (Å²) < 4.78 is 1.99. The van der Waals surface area contributed by atoms with Crippen molar-refractivity contribution < 1.29 is 0 Å². The first-order valence-electron chi connectivity index (χ1n) is 8.65. The normalized spacial score (nSPS) is 18.2. The van der Waals surface area contributed by atoms with Crippen LogP contribution in [0, 0.1) is 0 Å². The second-order valence-electron chi connectivity index (χ2n) is 6.34. The van der Waals surface area contributed by atoms with E-state index >= 15 is 0 Å². The smallest absolute Gasteiger partial charge is 0.233 e. The van der Waals surface area contributed by atoms with E-state index in [2.05, 4.69) is 57.6 Å². The molecule has 0 spiro atoms. The first-order chi connectivity index (χ1) is 11.8. The lowest BCUT2D eigenvalue weighted by molar-refractivity contribution is 0.152. The number of benzene rings is 1. The van der Waals surface area contributed by atoms with Gasteiger partial charge in [0.05, 0.1) is 5.69 Å². The third-order valence-corrected chi connectivity index (χ3v) is 4.78. The zero-order valence-corrected chi connectivity index (χ0v) is 15.2. The highest BCUT2D eigenvalue weighted by Gasteiger charge is 2.24. The summed E-state index contributed by atoms with van der Waals surface area (Å²) in [6.07, 6.45) is 6.95. The molecule has 6 heteroatoms. The van der Waals surface area contributed by atoms with Gasteiger partial charge in [0.15, 0.2) is 0 Å². The zero-order valence-electron chi connectivity index (χ0n) is 14.4. The Morgan fingerprint density at radius 2 is 2.08 bits per heavy atom. The molecule has 1 aromatic carbocycles. The lowest BCUT2D eigenvalue weighted by Gasteiger charge is -2.36. The van der Waals surface area contributed by atoms with E-state index in [9.17, 15) is 0 Å². The molecule has 0 amide bonds. The molecular weight excluding hydrogens is 334 g/mol. The van der Waals surface area contributed by atoms with Crippen LogP contribution in [0.3, 0.4) is 0 Å². The van der Waals surface area contributed by atoms with Crippen LogP contribution in [0.25, 0.3) is 5.78 Å². The summed E-state index contributed by atoms with van der Waals surface area (Å²) in [7, 11) is 0. The minimum Gasteiger partial charge on any atom is -0.314 e. The van der Waals surface area contributed by atoms with Crippen LogP contribution in [0.2, 0.25) is 0 Å². The SMILES string of the molecule is CCc1ccc(C2CNCCN2Cc2cn3cccnc3n2)cc1.Cl. The molecule has 5 nitrogen and oxygen atoms in total. The van der Waals surface area contributed by atoms with Gasteiger partial charge in [-0.3, -0.25) is 9.30 Å². The van der Waals surface area contributed by atoms with Crippen LogP contribution < -0.4 is 5.32 Å². The minimum atomic E-state index is 0. The lowest BCUT2D eigenvalue weighted by Crippen LogP contribution is -2.45. The Morgan fingerprint density at radius 1 is 1.24 bits per heavy atom. The zero-order chi connectivity index (χ0) is 16.4. The van der Waals surface area contributed by atoms with E-state index in [4.69, 9.17) is 0 Å². The van der Waals surface area contributed by atoms with Gasteiger partial charge in [0, 0.05) is 50.8 Å². The summed E-state index contributed by atoms with van der Waals surface area (Å²) in [5.74, 6) is 0.770. The molecule has 132 valence electrons. The van der Waals surface area contributed by atoms with Crippen molar-refractivity contribution in [2.75, 3.05) is 19.6 Å². The number of rotatable bonds is 4. The molecule has 1 saturated heterocycles. The molecular formula is C19H24ClN5. The maximum atomic E-state index is 4.65. The van der Waals surface area contributed by atoms with Crippen molar-refractivity contribution in [2.24, 2.45) is 0 Å². The number of piperazine rings is 1. The molecule has 1 unspecified atom stereocenters. The summed E-state index contributed by atoms with van der Waals surface area (Å²) in [5, 5.41) is 3.52. The van der Waals surface area contributed by atoms with Crippen molar-refractivity contribution in [3.63, 3.8) is 0 Å². The summed E-state index contributed by atoms with van der Waals surface area (Å²) in [6.45, 7) is 6.08. The number of hydrogen-bond acceptors (Lipinski definition) is 4. The maximum Gasteiger partial charge on any atom is 0.233 e. The van der Waals surface area contributed by atoms with Crippen molar-refractivity contribution in [1.29, 1.82) is 0 Å². The Labute approximate surface area is 154 Å². The van der Waals surface area contributed by atoms with Crippen molar-refractivity contribution in [3.05, 3.63) is 65.7 Å². The maximum absolute atomic E-state index is 4.65. The monoisotopic (exact) mass is 357 g/mol. The predicted octanol–water partition coefficient (Wildman–Crippen LogP) is 2.86. The molecule has 0 saturated carbocycles. The molecule has 2 aromatic heterocycles. The molecule has 3 aromatic rings. The first kappa shape index (κ1) is 17.9. The minimum absolute atomic E-state index is 0. The average Bonchev–Trinajstić information content (AvgIpc) is 3.04. The summed E-state index contributed by atoms with van der Waals surface area (Å²) >= 11 is 0. The van der Waals surface area contributed by atoms with Crippen LogP contribution in [-0.4, -0.2) is 38.9 Å². The van der Waals surface area contributed by atoms with Gasteiger partial charge in [-0.25, -0.2) is 9.97 Å². The van der Waals surface area contributed by atoms with E-state index < -0.39 is 0 Å². The van der Waals surface area contributed by atoms with E-state index in [1.54, 1.807) is 6.20 Å². The Morgan fingerprint density at radius 3 is 2.84 bits per heavy atom. The van der Waals surface area contributed by atoms with Gasteiger partial charge >= 0.3 is 0 Å². The Balaban J connectivity index is 0.00000182. The van der Waals surface area contributed by atoms with E-state index in [0.29, 0.717) is 6.04 Å². The summed E-state index contributed by atoms with van der Waals surface area (Å²) in [5.41, 5.74) is 3.84. The molecule has 4 rings (SSSR count). The second kappa shape index (κ2) is 7.95. The number of fused-ring (bicyclic) bond motifs is 1. The molecule has 0 radical (unpaired) electrons. The number of nitrogens with zero attached hydrogens (tertiary/aromatic N) is 4. The third-order valence-electron chi connectivity index (χ3n) is 4.78. The fourth-order valence-corrected chi connectivity index (χ4v) is 3.40. The Bertz CT molecular complexity index is 781. The van der Waals surface area contributed by atoms with Crippen LogP contribution in [0.4, 0.5) is 0 Å². The molecule has 1 N–H and O–H groups in total. The average molecular weight is 358 g/mol. The van der Waals surface area contributed by atoms with Crippen LogP contribution >= 0.6 is 12.4 Å². The highest BCUT2D eigenvalue weighted by atomic mass is 35.5. The van der Waals surface area contributed by atoms with Crippen LogP contribution in [0.5, 0.6) is 0 Å². The molecule has 0 bridgehead atoms. The quantitative estimate of drug-likeness (QED) is 0.780. The molecule has 3 heterocycles. The molecule has 1 aliphatic rings. The molecule has 1 atom stereocenters. The fraction of sp³-hybridized carbons (Fsp3) is 0.368. The molecule has 25 heavy (non-hydrogen) atoms. The number of halogens is 1. The molecule has 1 aliphatic heterocycles. The van der Waals surface area contributed by atoms with Gasteiger partial charge in [-0.05, 0) is 23.6 Å². The summed E-state index contributed by atoms with van der Waals surface area (Å²) in [6, 6.07) is 11.4. The molecule has 1 fully saturated rings. The Hall–Kier alpha value is -1.95. The van der Waals surface area contributed by atoms with E-state index in [1.165, 1.54) is 11.1 Å². The lowest BCUT2D eigenvalue weighted by atomic mass is 10.0. The van der Waals surface area contributed by atoms with Crippen LogP contribution in [0.1, 0.15) is 29.8 Å². The van der Waals surface area contributed by atoms with Crippen LogP contribution in [0.15, 0.2) is 48.9 Å². The van der Waals surface area contributed by atoms with Gasteiger partial charge < -0.3 is 5.32 Å². The number of hydrogen-bond donors (Lipinski definition) is 1. The third kappa shape index (κ3) is 3.84. The second-order valence-corrected chi connectivity index (χ2v) is 6.34. The van der Waals surface area contributed by atoms with E-state index in [-0.39, 0.29) is 12.4 Å². The first-order valence-corrected chi connectivity index (χ1v) is 8.65. The Kier molecular flexibility index (Phi) is 5.68. The van der Waals surface area contributed by atoms with E-state index in [0.717, 1.165) is 44.1 Å². The number of aromatic nitrogens is 3. The van der Waals surface area contributed by atoms with Gasteiger partial charge in [-0.2, -0.15) is 0 Å². The topological polar surface area (TPSA) is 45.5 Å². The van der Waals surface area contributed by atoms with E-state index in [1.807, 2.05) is 16.7 Å². The van der Waals surface area contributed by atoms with Gasteiger partial charge in [0.2, 0.25) is 5.78 Å². The summed E-state index contributed by atoms with van der Waals surface area (Å²) in [4.78, 5) is 11.5. The van der Waals surface area contributed by atoms with Gasteiger partial charge in [0.25, 0.3) is 0 Å². The van der Waals surface area contributed by atoms with Gasteiger partial charge in [-0.1, -0.05) is 31.2 Å². The van der Waals surface area contributed by atoms with Crippen LogP contribution in [-0.2, 0) is 13.0 Å². The number of nitrogens with one attached hydrogen (secondary N) is 1. The number of imidazole rings is 1. The standard InChI is InChI=1S/C19H23N5.ClH/c1-2-15-4-6-16(7-5-15)18-12-20-9-11-23(18)13-17-14-24-10-3-8-21-19(24)22-17;/h3-8,10,14,18,20H,2,9,11-13H2,1H3;1H. The van der Waals surface area contributed by atoms with Gasteiger partial charge in [-0.15, -0.1) is 12.4 Å². The highest BCUT2D eigenvalue weighted by Crippen LogP contribution is 2.24. The van der Waals surface area contributed by atoms with Crippen molar-refractivity contribution >= 4 is 18.2 Å². The highest BCUT2D eigenvalue weighted by molar-refractivity contribution is 5.85. The number of aryl methyl sites for hydroxylation is 1. The molecule has 0 aliphatic carbocycles. The predicted molar refractivity (Wildman–Crippen MR) is 102 cm³/mol. The van der Waals surface area contributed by atoms with Gasteiger partial charge in [0.1, 0.15) is 0 Å². The van der Waals surface area contributed by atoms with Crippen molar-refractivity contribution in [1.82, 2.24) is 24.6 Å².